The molecule has 2 saturated carbocycles. The Kier molecular flexibility index (Phi) is 6.08. The molecule has 1 N–H and O–H groups in total. The minimum Gasteiger partial charge on any atom is -0.461 e. The highest BCUT2D eigenvalue weighted by atomic mass is 16.5. The minimum absolute atomic E-state index is 0.0330. The van der Waals surface area contributed by atoms with Gasteiger partial charge >= 0.3 is 5.63 Å². The van der Waals surface area contributed by atoms with Crippen molar-refractivity contribution in [3.63, 3.8) is 0 Å². The maximum atomic E-state index is 12.7. The van der Waals surface area contributed by atoms with Crippen LogP contribution in [0.25, 0.3) is 11.1 Å². The first kappa shape index (κ1) is 20.9. The highest BCUT2D eigenvalue weighted by molar-refractivity contribution is 5.75. The van der Waals surface area contributed by atoms with Gasteiger partial charge in [0.25, 0.3) is 11.6 Å². The molecule has 0 radical (unpaired) electrons. The van der Waals surface area contributed by atoms with Crippen molar-refractivity contribution in [2.75, 3.05) is 6.61 Å². The average molecular weight is 437 g/mol. The van der Waals surface area contributed by atoms with Crippen LogP contribution in [0.1, 0.15) is 49.7 Å². The lowest BCUT2D eigenvalue weighted by Gasteiger charge is -2.34. The Hall–Kier alpha value is -2.93. The van der Waals surface area contributed by atoms with Gasteiger partial charge in [-0.2, -0.15) is 4.98 Å². The Morgan fingerprint density at radius 1 is 1.09 bits per heavy atom. The van der Waals surface area contributed by atoms with Crippen molar-refractivity contribution >= 4 is 11.1 Å². The number of benzene rings is 1. The molecule has 7 heteroatoms. The van der Waals surface area contributed by atoms with Crippen LogP contribution in [0.15, 0.2) is 50.4 Å². The van der Waals surface area contributed by atoms with Gasteiger partial charge in [0.2, 0.25) is 5.71 Å². The van der Waals surface area contributed by atoms with Gasteiger partial charge in [-0.05, 0) is 48.6 Å². The molecule has 32 heavy (non-hydrogen) atoms. The predicted octanol–water partition coefficient (Wildman–Crippen LogP) is 3.98. The van der Waals surface area contributed by atoms with E-state index in [1.54, 1.807) is 0 Å². The molecular weight excluding hydrogens is 408 g/mol. The lowest BCUT2D eigenvalue weighted by atomic mass is 9.83. The molecule has 2 aliphatic carbocycles. The van der Waals surface area contributed by atoms with Gasteiger partial charge in [0.05, 0.1) is 13.2 Å². The number of nitrogens with zero attached hydrogens (tertiary/aromatic N) is 1. The van der Waals surface area contributed by atoms with Crippen LogP contribution < -0.4 is 15.9 Å². The second-order valence-corrected chi connectivity index (χ2v) is 9.06. The largest absolute Gasteiger partial charge is 0.461 e. The van der Waals surface area contributed by atoms with Crippen LogP contribution in [0.5, 0.6) is 6.01 Å². The van der Waals surface area contributed by atoms with Gasteiger partial charge in [-0.25, -0.2) is 4.79 Å². The Bertz CT molecular complexity index is 1180. The summed E-state index contributed by atoms with van der Waals surface area (Å²) in [6.07, 6.45) is 6.99. The Morgan fingerprint density at radius 3 is 2.69 bits per heavy atom. The third-order valence-corrected chi connectivity index (χ3v) is 6.37. The van der Waals surface area contributed by atoms with Gasteiger partial charge < -0.3 is 13.9 Å². The number of ether oxygens (including phenoxy) is 2. The summed E-state index contributed by atoms with van der Waals surface area (Å²) in [5, 5.41) is 0.355. The van der Waals surface area contributed by atoms with E-state index in [0.717, 1.165) is 37.2 Å². The van der Waals surface area contributed by atoms with E-state index in [0.29, 0.717) is 36.5 Å². The fourth-order valence-corrected chi connectivity index (χ4v) is 4.35. The molecule has 2 aromatic heterocycles. The number of hydrogen-bond acceptors (Lipinski definition) is 6. The summed E-state index contributed by atoms with van der Waals surface area (Å²) in [5.74, 6) is 1.24. The highest BCUT2D eigenvalue weighted by Crippen LogP contribution is 2.34. The summed E-state index contributed by atoms with van der Waals surface area (Å²) in [5.41, 5.74) is 1.11. The van der Waals surface area contributed by atoms with Gasteiger partial charge in [0, 0.05) is 6.07 Å². The van der Waals surface area contributed by atoms with Crippen LogP contribution >= 0.6 is 0 Å². The number of H-pyrrole nitrogens is 1. The van der Waals surface area contributed by atoms with Crippen molar-refractivity contribution in [3.8, 4) is 6.01 Å². The third-order valence-electron chi connectivity index (χ3n) is 6.37. The molecule has 3 aromatic rings. The molecule has 0 saturated heterocycles. The van der Waals surface area contributed by atoms with Crippen LogP contribution in [0, 0.1) is 11.8 Å². The highest BCUT2D eigenvalue weighted by Gasteiger charge is 2.32. The molecule has 0 unspecified atom stereocenters. The van der Waals surface area contributed by atoms with Crippen LogP contribution in [-0.2, 0) is 17.8 Å². The van der Waals surface area contributed by atoms with Gasteiger partial charge in [0.1, 0.15) is 11.5 Å². The molecule has 0 amide bonds. The smallest absolute Gasteiger partial charge is 0.337 e. The molecule has 0 atom stereocenters. The van der Waals surface area contributed by atoms with E-state index < -0.39 is 5.63 Å². The molecule has 1 aromatic carbocycles. The number of aryl methyl sites for hydroxylation is 1. The minimum atomic E-state index is -0.484. The van der Waals surface area contributed by atoms with Gasteiger partial charge in [-0.15, -0.1) is 0 Å². The maximum absolute atomic E-state index is 12.7. The zero-order valence-corrected chi connectivity index (χ0v) is 18.0. The summed E-state index contributed by atoms with van der Waals surface area (Å²) in [7, 11) is 0. The summed E-state index contributed by atoms with van der Waals surface area (Å²) >= 11 is 0. The standard InChI is InChI=1S/C25H28N2O5/c28-21-13-19(8-4-7-16-9-10-16)22-23(29)26-25(27-24(22)32-21)31-20-11-18(12-20)15-30-14-17-5-2-1-3-6-17/h1-3,5-6,13,16,18,20H,4,7-12,14-15H2,(H,26,27,29)/t18-,20-. The van der Waals surface area contributed by atoms with Crippen molar-refractivity contribution in [2.24, 2.45) is 11.8 Å². The van der Waals surface area contributed by atoms with Crippen LogP contribution in [0.2, 0.25) is 0 Å². The van der Waals surface area contributed by atoms with E-state index in [-0.39, 0.29) is 23.4 Å². The predicted molar refractivity (Wildman–Crippen MR) is 120 cm³/mol. The van der Waals surface area contributed by atoms with Crippen molar-refractivity contribution < 1.29 is 13.9 Å². The van der Waals surface area contributed by atoms with E-state index in [2.05, 4.69) is 9.97 Å². The molecule has 0 aliphatic heterocycles. The zero-order valence-electron chi connectivity index (χ0n) is 18.0. The Labute approximate surface area is 185 Å². The van der Waals surface area contributed by atoms with Crippen molar-refractivity contribution in [3.05, 3.63) is 68.3 Å². The topological polar surface area (TPSA) is 94.4 Å². The Morgan fingerprint density at radius 2 is 1.91 bits per heavy atom. The van der Waals surface area contributed by atoms with Gasteiger partial charge in [-0.1, -0.05) is 49.6 Å². The molecule has 2 aliphatic rings. The quantitative estimate of drug-likeness (QED) is 0.517. The maximum Gasteiger partial charge on any atom is 0.337 e. The second kappa shape index (κ2) is 9.28. The first-order valence-electron chi connectivity index (χ1n) is 11.5. The number of aromatic nitrogens is 2. The zero-order chi connectivity index (χ0) is 21.9. The third kappa shape index (κ3) is 5.10. The van der Waals surface area contributed by atoms with Gasteiger partial charge in [0.15, 0.2) is 0 Å². The number of nitrogens with one attached hydrogen (secondary N) is 1. The number of hydrogen-bond donors (Lipinski definition) is 1. The number of rotatable bonds is 10. The molecule has 7 nitrogen and oxygen atoms in total. The Balaban J connectivity index is 1.17. The van der Waals surface area contributed by atoms with Crippen molar-refractivity contribution in [2.45, 2.75) is 57.7 Å². The van der Waals surface area contributed by atoms with Gasteiger partial charge in [-0.3, -0.25) is 9.78 Å². The second-order valence-electron chi connectivity index (χ2n) is 9.06. The van der Waals surface area contributed by atoms with Crippen LogP contribution in [0.4, 0.5) is 0 Å². The molecule has 0 bridgehead atoms. The molecule has 2 fully saturated rings. The molecule has 0 spiro atoms. The normalized spacial score (nSPS) is 20.2. The SMILES string of the molecule is O=c1cc(CCCC2CC2)c2c(=O)[nH]c(O[C@H]3C[C@H](COCc4ccccc4)C3)nc2o1. The summed E-state index contributed by atoms with van der Waals surface area (Å²) in [4.78, 5) is 31.7. The molecule has 2 heterocycles. The average Bonchev–Trinajstić information content (AvgIpc) is 3.56. The monoisotopic (exact) mass is 436 g/mol. The number of aromatic amines is 1. The lowest BCUT2D eigenvalue weighted by Crippen LogP contribution is -2.37. The molecular formula is C25H28N2O5. The van der Waals surface area contributed by atoms with Crippen LogP contribution in [-0.4, -0.2) is 22.7 Å². The van der Waals surface area contributed by atoms with Crippen molar-refractivity contribution in [1.29, 1.82) is 0 Å². The first-order valence-corrected chi connectivity index (χ1v) is 11.5. The summed E-state index contributed by atoms with van der Waals surface area (Å²) in [6.45, 7) is 1.28. The lowest BCUT2D eigenvalue weighted by molar-refractivity contribution is -0.00616. The summed E-state index contributed by atoms with van der Waals surface area (Å²) in [6, 6.07) is 11.6. The van der Waals surface area contributed by atoms with E-state index in [1.165, 1.54) is 18.9 Å². The molecule has 168 valence electrons. The number of fused-ring (bicyclic) bond motifs is 1. The first-order chi connectivity index (χ1) is 15.6. The fourth-order valence-electron chi connectivity index (χ4n) is 4.35. The fraction of sp³-hybridized carbons (Fsp3) is 0.480. The van der Waals surface area contributed by atoms with E-state index >= 15 is 0 Å². The van der Waals surface area contributed by atoms with E-state index in [9.17, 15) is 9.59 Å². The van der Waals surface area contributed by atoms with Crippen LogP contribution in [0.3, 0.4) is 0 Å². The molecule has 5 rings (SSSR count). The van der Waals surface area contributed by atoms with E-state index in [1.807, 2.05) is 30.3 Å². The van der Waals surface area contributed by atoms with Crippen molar-refractivity contribution in [1.82, 2.24) is 9.97 Å². The summed E-state index contributed by atoms with van der Waals surface area (Å²) < 4.78 is 16.9. The van der Waals surface area contributed by atoms with E-state index in [4.69, 9.17) is 13.9 Å².